The number of hydrogen-bond donors (Lipinski definition) is 0. The summed E-state index contributed by atoms with van der Waals surface area (Å²) in [6, 6.07) is 12.6. The zero-order chi connectivity index (χ0) is 17.7. The van der Waals surface area contributed by atoms with Crippen LogP contribution in [0.25, 0.3) is 11.3 Å². The Morgan fingerprint density at radius 3 is 2.08 bits per heavy atom. The summed E-state index contributed by atoms with van der Waals surface area (Å²) < 4.78 is 0. The summed E-state index contributed by atoms with van der Waals surface area (Å²) in [4.78, 5) is 0. The van der Waals surface area contributed by atoms with E-state index in [2.05, 4.69) is 63.6 Å². The molecule has 1 aliphatic carbocycles. The quantitative estimate of drug-likeness (QED) is 0.394. The van der Waals surface area contributed by atoms with E-state index in [4.69, 9.17) is 5.73 Å². The fourth-order valence-electron chi connectivity index (χ4n) is 3.07. The summed E-state index contributed by atoms with van der Waals surface area (Å²) in [6.45, 7) is 10.3. The van der Waals surface area contributed by atoms with Crippen LogP contribution in [-0.2, 0) is 21.7 Å². The summed E-state index contributed by atoms with van der Waals surface area (Å²) in [5.74, 6) is 0. The summed E-state index contributed by atoms with van der Waals surface area (Å²) in [5, 5.41) is 0. The summed E-state index contributed by atoms with van der Waals surface area (Å²) in [7, 11) is 0. The maximum atomic E-state index is 7.54. The first kappa shape index (κ1) is 21.3. The average molecular weight is 365 g/mol. The number of nitrogens with one attached hydrogen (secondary N) is 1. The first-order valence-electron chi connectivity index (χ1n) is 8.48. The van der Waals surface area contributed by atoms with Gasteiger partial charge in [0.05, 0.1) is 0 Å². The van der Waals surface area contributed by atoms with Crippen LogP contribution in [-0.4, -0.2) is 0 Å². The molecule has 0 bridgehead atoms. The Hall–Kier alpha value is -1.70. The first-order chi connectivity index (χ1) is 11.4. The molecule has 0 saturated heterocycles. The fourth-order valence-corrected chi connectivity index (χ4v) is 3.07. The molecule has 0 spiro atoms. The molecular weight excluding hydrogens is 338 g/mol. The first-order valence-corrected chi connectivity index (χ1v) is 8.48. The van der Waals surface area contributed by atoms with E-state index in [-0.39, 0.29) is 21.7 Å². The third-order valence-electron chi connectivity index (χ3n) is 4.34. The van der Waals surface area contributed by atoms with Gasteiger partial charge < -0.3 is 5.73 Å². The van der Waals surface area contributed by atoms with Gasteiger partial charge >= 0.3 is 21.7 Å². The van der Waals surface area contributed by atoms with E-state index in [1.165, 1.54) is 27.8 Å². The molecule has 0 aliphatic heterocycles. The van der Waals surface area contributed by atoms with E-state index in [0.29, 0.717) is 5.69 Å². The second-order valence-electron chi connectivity index (χ2n) is 6.47. The van der Waals surface area contributed by atoms with Crippen LogP contribution in [0.2, 0.25) is 0 Å². The molecule has 25 heavy (non-hydrogen) atoms. The van der Waals surface area contributed by atoms with Gasteiger partial charge in [0.15, 0.2) is 0 Å². The summed E-state index contributed by atoms with van der Waals surface area (Å²) >= 11 is 0. The minimum atomic E-state index is 0. The van der Waals surface area contributed by atoms with Crippen molar-refractivity contribution in [3.63, 3.8) is 0 Å². The minimum Gasteiger partial charge on any atom is -0.698 e. The van der Waals surface area contributed by atoms with Crippen LogP contribution in [0.4, 0.5) is 5.69 Å². The molecule has 0 saturated carbocycles. The van der Waals surface area contributed by atoms with E-state index in [1.54, 1.807) is 0 Å². The van der Waals surface area contributed by atoms with Crippen LogP contribution < -0.4 is 0 Å². The van der Waals surface area contributed by atoms with Crippen LogP contribution in [0.1, 0.15) is 48.1 Å². The van der Waals surface area contributed by atoms with Crippen molar-refractivity contribution in [3.05, 3.63) is 94.1 Å². The van der Waals surface area contributed by atoms with Gasteiger partial charge in [-0.1, -0.05) is 65.1 Å². The molecule has 0 aromatic heterocycles. The molecule has 128 valence electrons. The van der Waals surface area contributed by atoms with E-state index in [9.17, 15) is 0 Å². The number of allylic oxidation sites excluding steroid dienone is 4. The largest absolute Gasteiger partial charge is 2.00 e. The Labute approximate surface area is 167 Å². The smallest absolute Gasteiger partial charge is 0.698 e. The maximum Gasteiger partial charge on any atom is 2.00 e. The van der Waals surface area contributed by atoms with Crippen molar-refractivity contribution in [2.45, 2.75) is 41.0 Å². The van der Waals surface area contributed by atoms with Gasteiger partial charge in [-0.05, 0) is 34.1 Å². The van der Waals surface area contributed by atoms with Crippen LogP contribution in [0.15, 0.2) is 54.1 Å². The van der Waals surface area contributed by atoms with Crippen molar-refractivity contribution in [1.82, 2.24) is 0 Å². The van der Waals surface area contributed by atoms with Gasteiger partial charge in [0, 0.05) is 0 Å². The minimum absolute atomic E-state index is 0. The number of aryl methyl sites for hydroxylation is 3. The van der Waals surface area contributed by atoms with E-state index >= 15 is 0 Å². The molecule has 1 aliphatic rings. The Kier molecular flexibility index (Phi) is 8.28. The molecule has 0 amide bonds. The molecule has 1 nitrogen and oxygen atoms in total. The second-order valence-corrected chi connectivity index (χ2v) is 6.47. The Morgan fingerprint density at radius 1 is 0.960 bits per heavy atom. The monoisotopic (exact) mass is 365 g/mol. The van der Waals surface area contributed by atoms with Gasteiger partial charge in [0.1, 0.15) is 0 Å². The Morgan fingerprint density at radius 2 is 1.56 bits per heavy atom. The van der Waals surface area contributed by atoms with Crippen LogP contribution in [0.5, 0.6) is 0 Å². The van der Waals surface area contributed by atoms with Gasteiger partial charge in [0.2, 0.25) is 0 Å². The molecule has 0 fully saturated rings. The van der Waals surface area contributed by atoms with Gasteiger partial charge in [0.25, 0.3) is 0 Å². The molecule has 3 rings (SSSR count). The van der Waals surface area contributed by atoms with E-state index in [0.717, 1.165) is 17.5 Å². The van der Waals surface area contributed by atoms with Crippen molar-refractivity contribution in [2.24, 2.45) is 0 Å². The number of benzene rings is 2. The van der Waals surface area contributed by atoms with E-state index < -0.39 is 0 Å². The zero-order valence-electron chi connectivity index (χ0n) is 15.9. The molecule has 1 N–H and O–H groups in total. The van der Waals surface area contributed by atoms with Crippen molar-refractivity contribution < 1.29 is 21.7 Å². The van der Waals surface area contributed by atoms with Gasteiger partial charge in [-0.2, -0.15) is 18.1 Å². The van der Waals surface area contributed by atoms with Crippen LogP contribution in [0, 0.1) is 27.2 Å². The molecule has 0 unspecified atom stereocenters. The van der Waals surface area contributed by atoms with E-state index in [1.807, 2.05) is 26.0 Å². The fraction of sp³-hybridized carbons (Fsp3) is 0.261. The summed E-state index contributed by atoms with van der Waals surface area (Å²) in [5.41, 5.74) is 17.1. The Bertz CT molecular complexity index is 761. The van der Waals surface area contributed by atoms with Crippen LogP contribution in [0.3, 0.4) is 0 Å². The van der Waals surface area contributed by atoms with Gasteiger partial charge in [-0.3, -0.25) is 0 Å². The van der Waals surface area contributed by atoms with Crippen molar-refractivity contribution in [2.75, 3.05) is 0 Å². The maximum absolute atomic E-state index is 7.54. The topological polar surface area (TPSA) is 23.8 Å². The van der Waals surface area contributed by atoms with Gasteiger partial charge in [-0.25, -0.2) is 0 Å². The molecule has 2 aromatic rings. The van der Waals surface area contributed by atoms with Gasteiger partial charge in [-0.15, -0.1) is 23.4 Å². The normalized spacial score (nSPS) is 12.4. The number of rotatable bonds is 2. The zero-order valence-corrected chi connectivity index (χ0v) is 17.5. The predicted octanol–water partition coefficient (Wildman–Crippen LogP) is 7.29. The third kappa shape index (κ3) is 5.66. The third-order valence-corrected chi connectivity index (χ3v) is 4.34. The second kappa shape index (κ2) is 9.70. The molecule has 0 radical (unpaired) electrons. The van der Waals surface area contributed by atoms with Crippen LogP contribution >= 0.6 is 0 Å². The molecule has 0 heterocycles. The van der Waals surface area contributed by atoms with Crippen molar-refractivity contribution >= 4 is 11.3 Å². The standard InChI is InChI=1S/C14H15.C9H12N.Ti/c1-3-12-6-4-5-7-14(12)13-9-8-11(2)10-13;1-6-4-7(2)9(10)8(3)5-6;/h3-8,10H,9H2,1-2H3;4-5,10H,1-3H3;/q2*-1;+2. The molecule has 0 atom stereocenters. The molecule has 2 heteroatoms. The molecular formula is C23H27NTi. The average Bonchev–Trinajstić information content (AvgIpc) is 2.99. The molecule has 2 aromatic carbocycles. The van der Waals surface area contributed by atoms with Crippen molar-refractivity contribution in [3.8, 4) is 0 Å². The SMILES string of the molecule is C[CH-]c1ccccc1C1=CC(C)=CC1.Cc1cc(C)c([NH-])c(C)c1.[Ti+2]. The van der Waals surface area contributed by atoms with Crippen molar-refractivity contribution in [1.29, 1.82) is 0 Å². The number of hydrogen-bond acceptors (Lipinski definition) is 0. The summed E-state index contributed by atoms with van der Waals surface area (Å²) in [6.07, 6.45) is 7.81. The Balaban J connectivity index is 0.000000254. The predicted molar refractivity (Wildman–Crippen MR) is 107 cm³/mol.